The third-order valence-corrected chi connectivity index (χ3v) is 3.13. The maximum Gasteiger partial charge on any atom is 0.407 e. The number of carbonyl (C=O) groups excluding carboxylic acids is 1. The number of ether oxygens (including phenoxy) is 1. The Labute approximate surface area is 143 Å². The molecule has 2 N–H and O–H groups in total. The van der Waals surface area contributed by atoms with Crippen molar-refractivity contribution in [3.63, 3.8) is 0 Å². The zero-order valence-electron chi connectivity index (χ0n) is 14.9. The number of hydrogen-bond acceptors (Lipinski definition) is 4. The molecule has 128 valence electrons. The maximum absolute atomic E-state index is 11.7. The molecule has 0 aliphatic carbocycles. The highest BCUT2D eigenvalue weighted by molar-refractivity contribution is 5.68. The van der Waals surface area contributed by atoms with Crippen LogP contribution in [0.4, 0.5) is 16.3 Å². The standard InChI is InChI=1S/C19H25N3O2/c1-13-9-14(2)21-17(10-13)22-16-8-6-7-15(11-16)12-20-18(23)24-19(3,4)5/h6-11H,12H2,1-5H3,(H,20,23)(H,21,22). The molecule has 5 nitrogen and oxygen atoms in total. The van der Waals surface area contributed by atoms with Crippen molar-refractivity contribution < 1.29 is 9.53 Å². The smallest absolute Gasteiger partial charge is 0.407 e. The highest BCUT2D eigenvalue weighted by Gasteiger charge is 2.15. The predicted molar refractivity (Wildman–Crippen MR) is 96.5 cm³/mol. The van der Waals surface area contributed by atoms with Crippen LogP contribution in [-0.4, -0.2) is 16.7 Å². The fourth-order valence-corrected chi connectivity index (χ4v) is 2.30. The van der Waals surface area contributed by atoms with E-state index in [1.54, 1.807) is 0 Å². The van der Waals surface area contributed by atoms with E-state index in [1.807, 2.05) is 71.0 Å². The third kappa shape index (κ3) is 5.91. The van der Waals surface area contributed by atoms with Crippen LogP contribution in [0, 0.1) is 13.8 Å². The molecule has 0 spiro atoms. The summed E-state index contributed by atoms with van der Waals surface area (Å²) in [7, 11) is 0. The second-order valence-electron chi connectivity index (χ2n) is 6.85. The molecule has 0 saturated carbocycles. The number of pyridine rings is 1. The first kappa shape index (κ1) is 17.8. The summed E-state index contributed by atoms with van der Waals surface area (Å²) in [5, 5.41) is 6.06. The molecule has 1 heterocycles. The van der Waals surface area contributed by atoms with Crippen LogP contribution in [0.2, 0.25) is 0 Å². The Hall–Kier alpha value is -2.56. The van der Waals surface area contributed by atoms with Gasteiger partial charge < -0.3 is 15.4 Å². The monoisotopic (exact) mass is 327 g/mol. The number of nitrogens with one attached hydrogen (secondary N) is 2. The Morgan fingerprint density at radius 2 is 1.92 bits per heavy atom. The van der Waals surface area contributed by atoms with Crippen LogP contribution in [0.1, 0.15) is 37.6 Å². The summed E-state index contributed by atoms with van der Waals surface area (Å²) in [6.45, 7) is 9.95. The average Bonchev–Trinajstić information content (AvgIpc) is 2.42. The number of aromatic nitrogens is 1. The molecule has 1 amide bonds. The van der Waals surface area contributed by atoms with Crippen LogP contribution in [0.25, 0.3) is 0 Å². The van der Waals surface area contributed by atoms with Gasteiger partial charge in [-0.1, -0.05) is 12.1 Å². The van der Waals surface area contributed by atoms with Crippen molar-refractivity contribution >= 4 is 17.6 Å². The van der Waals surface area contributed by atoms with Crippen LogP contribution in [0.15, 0.2) is 36.4 Å². The second-order valence-corrected chi connectivity index (χ2v) is 6.85. The summed E-state index contributed by atoms with van der Waals surface area (Å²) in [6.07, 6.45) is -0.420. The van der Waals surface area contributed by atoms with Crippen LogP contribution >= 0.6 is 0 Å². The van der Waals surface area contributed by atoms with Crippen molar-refractivity contribution in [3.8, 4) is 0 Å². The second kappa shape index (κ2) is 7.34. The molecule has 0 bridgehead atoms. The molecule has 24 heavy (non-hydrogen) atoms. The van der Waals surface area contributed by atoms with Crippen molar-refractivity contribution in [1.82, 2.24) is 10.3 Å². The van der Waals surface area contributed by atoms with Gasteiger partial charge in [-0.05, 0) is 70.0 Å². The zero-order chi connectivity index (χ0) is 17.7. The normalized spacial score (nSPS) is 11.0. The van der Waals surface area contributed by atoms with Gasteiger partial charge in [-0.2, -0.15) is 0 Å². The minimum atomic E-state index is -0.498. The van der Waals surface area contributed by atoms with Crippen LogP contribution in [0.3, 0.4) is 0 Å². The first-order chi connectivity index (χ1) is 11.2. The lowest BCUT2D eigenvalue weighted by atomic mass is 10.2. The zero-order valence-corrected chi connectivity index (χ0v) is 14.9. The highest BCUT2D eigenvalue weighted by Crippen LogP contribution is 2.18. The third-order valence-electron chi connectivity index (χ3n) is 3.13. The quantitative estimate of drug-likeness (QED) is 0.870. The molecule has 0 saturated heterocycles. The van der Waals surface area contributed by atoms with Gasteiger partial charge in [-0.25, -0.2) is 9.78 Å². The van der Waals surface area contributed by atoms with Crippen molar-refractivity contribution in [2.75, 3.05) is 5.32 Å². The number of amides is 1. The van der Waals surface area contributed by atoms with Gasteiger partial charge in [0.25, 0.3) is 0 Å². The first-order valence-electron chi connectivity index (χ1n) is 7.99. The highest BCUT2D eigenvalue weighted by atomic mass is 16.6. The van der Waals surface area contributed by atoms with Gasteiger partial charge in [0.2, 0.25) is 0 Å². The van der Waals surface area contributed by atoms with Crippen LogP contribution in [-0.2, 0) is 11.3 Å². The summed E-state index contributed by atoms with van der Waals surface area (Å²) in [5.74, 6) is 0.810. The molecule has 0 unspecified atom stereocenters. The number of rotatable bonds is 4. The number of aryl methyl sites for hydroxylation is 2. The van der Waals surface area contributed by atoms with Gasteiger partial charge in [0, 0.05) is 17.9 Å². The van der Waals surface area contributed by atoms with Crippen molar-refractivity contribution in [1.29, 1.82) is 0 Å². The SMILES string of the molecule is Cc1cc(C)nc(Nc2cccc(CNC(=O)OC(C)(C)C)c2)c1. The molecule has 0 aliphatic rings. The number of nitrogens with zero attached hydrogens (tertiary/aromatic N) is 1. The molecule has 1 aromatic carbocycles. The van der Waals surface area contributed by atoms with Gasteiger partial charge in [-0.3, -0.25) is 0 Å². The van der Waals surface area contributed by atoms with E-state index in [9.17, 15) is 4.79 Å². The molecule has 2 aromatic rings. The summed E-state index contributed by atoms with van der Waals surface area (Å²) in [5.41, 5.74) is 3.54. The maximum atomic E-state index is 11.7. The topological polar surface area (TPSA) is 63.2 Å². The van der Waals surface area contributed by atoms with Crippen molar-refractivity contribution in [3.05, 3.63) is 53.2 Å². The van der Waals surface area contributed by atoms with E-state index in [0.29, 0.717) is 6.54 Å². The number of carbonyl (C=O) groups is 1. The molecule has 0 aliphatic heterocycles. The molecule has 1 aromatic heterocycles. The number of alkyl carbamates (subject to hydrolysis) is 1. The summed E-state index contributed by atoms with van der Waals surface area (Å²) < 4.78 is 5.24. The van der Waals surface area contributed by atoms with E-state index in [0.717, 1.165) is 28.3 Å². The van der Waals surface area contributed by atoms with E-state index in [4.69, 9.17) is 4.74 Å². The van der Waals surface area contributed by atoms with E-state index in [2.05, 4.69) is 15.6 Å². The molecule has 0 radical (unpaired) electrons. The van der Waals surface area contributed by atoms with Crippen LogP contribution in [0.5, 0.6) is 0 Å². The Kier molecular flexibility index (Phi) is 5.44. The van der Waals surface area contributed by atoms with Gasteiger partial charge in [0.05, 0.1) is 0 Å². The number of benzene rings is 1. The minimum absolute atomic E-state index is 0.407. The summed E-state index contributed by atoms with van der Waals surface area (Å²) >= 11 is 0. The minimum Gasteiger partial charge on any atom is -0.444 e. The fourth-order valence-electron chi connectivity index (χ4n) is 2.30. The largest absolute Gasteiger partial charge is 0.444 e. The molecule has 0 atom stereocenters. The molecule has 5 heteroatoms. The lowest BCUT2D eigenvalue weighted by molar-refractivity contribution is 0.0523. The number of anilines is 2. The lowest BCUT2D eigenvalue weighted by Crippen LogP contribution is -2.32. The Balaban J connectivity index is 2.00. The van der Waals surface area contributed by atoms with Crippen molar-refractivity contribution in [2.24, 2.45) is 0 Å². The molecule has 2 rings (SSSR count). The summed E-state index contributed by atoms with van der Waals surface area (Å²) in [6, 6.07) is 11.9. The van der Waals surface area contributed by atoms with E-state index in [-0.39, 0.29) is 0 Å². The van der Waals surface area contributed by atoms with Crippen LogP contribution < -0.4 is 10.6 Å². The van der Waals surface area contributed by atoms with Gasteiger partial charge in [0.1, 0.15) is 11.4 Å². The Bertz CT molecular complexity index is 701. The predicted octanol–water partition coefficient (Wildman–Crippen LogP) is 4.47. The molecular weight excluding hydrogens is 302 g/mol. The first-order valence-corrected chi connectivity index (χ1v) is 7.99. The van der Waals surface area contributed by atoms with E-state index in [1.165, 1.54) is 0 Å². The fraction of sp³-hybridized carbons (Fsp3) is 0.368. The number of hydrogen-bond donors (Lipinski definition) is 2. The molecule has 0 fully saturated rings. The average molecular weight is 327 g/mol. The summed E-state index contributed by atoms with van der Waals surface area (Å²) in [4.78, 5) is 16.2. The molecular formula is C19H25N3O2. The van der Waals surface area contributed by atoms with E-state index >= 15 is 0 Å². The van der Waals surface area contributed by atoms with Gasteiger partial charge in [-0.15, -0.1) is 0 Å². The van der Waals surface area contributed by atoms with Crippen molar-refractivity contribution in [2.45, 2.75) is 46.8 Å². The van der Waals surface area contributed by atoms with E-state index < -0.39 is 11.7 Å². The Morgan fingerprint density at radius 1 is 1.17 bits per heavy atom. The van der Waals surface area contributed by atoms with Gasteiger partial charge in [0.15, 0.2) is 0 Å². The lowest BCUT2D eigenvalue weighted by Gasteiger charge is -2.19. The Morgan fingerprint density at radius 3 is 2.58 bits per heavy atom. The van der Waals surface area contributed by atoms with Gasteiger partial charge >= 0.3 is 6.09 Å².